The van der Waals surface area contributed by atoms with E-state index in [0.29, 0.717) is 10.6 Å². The first-order valence-corrected chi connectivity index (χ1v) is 13.8. The lowest BCUT2D eigenvalue weighted by molar-refractivity contribution is -0.274. The molecule has 0 heterocycles. The summed E-state index contributed by atoms with van der Waals surface area (Å²) in [4.78, 5) is 0.741. The maximum absolute atomic E-state index is 12.9. The summed E-state index contributed by atoms with van der Waals surface area (Å²) < 4.78 is 112. The van der Waals surface area contributed by atoms with Crippen LogP contribution in [0.5, 0.6) is 11.5 Å². The monoisotopic (exact) mass is 593 g/mol. The molecule has 0 aromatic heterocycles. The van der Waals surface area contributed by atoms with Crippen molar-refractivity contribution < 1.29 is 44.2 Å². The van der Waals surface area contributed by atoms with Crippen molar-refractivity contribution in [3.63, 3.8) is 0 Å². The highest BCUT2D eigenvalue weighted by Crippen LogP contribution is 2.33. The number of sulfonamides is 1. The van der Waals surface area contributed by atoms with E-state index in [1.54, 1.807) is 24.3 Å². The van der Waals surface area contributed by atoms with E-state index in [1.165, 1.54) is 36.0 Å². The Balaban J connectivity index is 1.71. The summed E-state index contributed by atoms with van der Waals surface area (Å²) in [5.41, 5.74) is 1.13. The van der Waals surface area contributed by atoms with Gasteiger partial charge in [0.15, 0.2) is 6.61 Å². The molecule has 0 fully saturated rings. The topological polar surface area (TPSA) is 64.6 Å². The van der Waals surface area contributed by atoms with E-state index in [4.69, 9.17) is 0 Å². The molecule has 0 spiro atoms. The molecule has 1 N–H and O–H groups in total. The van der Waals surface area contributed by atoms with Crippen molar-refractivity contribution in [1.29, 1.82) is 0 Å². The van der Waals surface area contributed by atoms with Gasteiger partial charge in [-0.05, 0) is 65.1 Å². The van der Waals surface area contributed by atoms with Crippen LogP contribution in [0.4, 0.5) is 32.0 Å². The van der Waals surface area contributed by atoms with Gasteiger partial charge in [-0.3, -0.25) is 4.72 Å². The molecule has 0 saturated heterocycles. The Bertz CT molecular complexity index is 1380. The van der Waals surface area contributed by atoms with Gasteiger partial charge in [0.1, 0.15) is 11.5 Å². The van der Waals surface area contributed by atoms with Crippen LogP contribution < -0.4 is 14.2 Å². The number of halogens is 6. The molecule has 0 radical (unpaired) electrons. The van der Waals surface area contributed by atoms with Crippen LogP contribution in [0, 0.1) is 0 Å². The summed E-state index contributed by atoms with van der Waals surface area (Å²) in [5, 5.41) is 0. The fraction of sp³-hybridized carbons (Fsp3) is 0.308. The lowest BCUT2D eigenvalue weighted by atomic mass is 9.87. The Morgan fingerprint density at radius 2 is 1.49 bits per heavy atom. The molecule has 3 rings (SSSR count). The van der Waals surface area contributed by atoms with Crippen LogP contribution in [0.3, 0.4) is 0 Å². The van der Waals surface area contributed by atoms with Crippen molar-refractivity contribution in [2.24, 2.45) is 0 Å². The molecule has 3 aromatic rings. The summed E-state index contributed by atoms with van der Waals surface area (Å²) >= 11 is 1.17. The highest BCUT2D eigenvalue weighted by Gasteiger charge is 2.32. The third-order valence-corrected chi connectivity index (χ3v) is 7.56. The fourth-order valence-electron chi connectivity index (χ4n) is 3.28. The lowest BCUT2D eigenvalue weighted by Gasteiger charge is -2.20. The van der Waals surface area contributed by atoms with E-state index < -0.39 is 40.7 Å². The molecule has 3 aromatic carbocycles. The second kappa shape index (κ2) is 11.6. The minimum absolute atomic E-state index is 0.0715. The van der Waals surface area contributed by atoms with Crippen LogP contribution in [0.25, 0.3) is 0 Å². The van der Waals surface area contributed by atoms with Crippen LogP contribution in [0.1, 0.15) is 31.9 Å². The van der Waals surface area contributed by atoms with Crippen molar-refractivity contribution in [2.45, 2.75) is 54.3 Å². The van der Waals surface area contributed by atoms with Gasteiger partial charge in [-0.1, -0.05) is 32.9 Å². The molecule has 39 heavy (non-hydrogen) atoms. The molecule has 0 aliphatic carbocycles. The van der Waals surface area contributed by atoms with E-state index in [-0.39, 0.29) is 21.6 Å². The van der Waals surface area contributed by atoms with Crippen molar-refractivity contribution >= 4 is 27.5 Å². The first-order chi connectivity index (χ1) is 17.9. The largest absolute Gasteiger partial charge is 0.573 e. The quantitative estimate of drug-likeness (QED) is 0.202. The van der Waals surface area contributed by atoms with E-state index in [9.17, 15) is 34.8 Å². The molecule has 0 saturated carbocycles. The Morgan fingerprint density at radius 3 is 2.08 bits per heavy atom. The van der Waals surface area contributed by atoms with E-state index >= 15 is 0 Å². The van der Waals surface area contributed by atoms with Crippen LogP contribution in [0.15, 0.2) is 76.5 Å². The number of anilines is 1. The number of thioether (sulfide) groups is 1. The third-order valence-electron chi connectivity index (χ3n) is 5.10. The summed E-state index contributed by atoms with van der Waals surface area (Å²) in [6, 6.07) is 15.8. The highest BCUT2D eigenvalue weighted by atomic mass is 32.2. The predicted molar refractivity (Wildman–Crippen MR) is 137 cm³/mol. The molecule has 0 aliphatic heterocycles. The third kappa shape index (κ3) is 9.88. The summed E-state index contributed by atoms with van der Waals surface area (Å²) in [6.45, 7) is 4.24. The summed E-state index contributed by atoms with van der Waals surface area (Å²) in [6.07, 6.45) is -9.71. The Hall–Kier alpha value is -3.06. The number of ether oxygens (including phenoxy) is 2. The van der Waals surface area contributed by atoms with Gasteiger partial charge in [-0.15, -0.1) is 24.9 Å². The number of hydrogen-bond donors (Lipinski definition) is 1. The van der Waals surface area contributed by atoms with Crippen LogP contribution in [-0.2, 0) is 21.2 Å². The Morgan fingerprint density at radius 1 is 0.846 bits per heavy atom. The molecule has 0 bridgehead atoms. The number of benzene rings is 3. The first-order valence-electron chi connectivity index (χ1n) is 11.4. The number of hydrogen-bond acceptors (Lipinski definition) is 5. The minimum Gasteiger partial charge on any atom is -0.484 e. The molecule has 0 atom stereocenters. The van der Waals surface area contributed by atoms with E-state index in [0.717, 1.165) is 17.7 Å². The zero-order chi connectivity index (χ0) is 29.1. The lowest BCUT2D eigenvalue weighted by Crippen LogP contribution is -2.20. The molecule has 5 nitrogen and oxygen atoms in total. The first kappa shape index (κ1) is 30.5. The van der Waals surface area contributed by atoms with Gasteiger partial charge in [0.2, 0.25) is 0 Å². The molecule has 212 valence electrons. The van der Waals surface area contributed by atoms with E-state index in [2.05, 4.69) is 14.2 Å². The second-order valence-electron chi connectivity index (χ2n) is 9.46. The predicted octanol–water partition coefficient (Wildman–Crippen LogP) is 7.92. The number of rotatable bonds is 9. The molecule has 0 aliphatic rings. The van der Waals surface area contributed by atoms with Gasteiger partial charge in [0.25, 0.3) is 10.0 Å². The van der Waals surface area contributed by atoms with Crippen molar-refractivity contribution in [3.8, 4) is 11.5 Å². The molecule has 13 heteroatoms. The van der Waals surface area contributed by atoms with Gasteiger partial charge in [-0.25, -0.2) is 8.42 Å². The maximum atomic E-state index is 12.9. The minimum atomic E-state index is -5.04. The van der Waals surface area contributed by atoms with Crippen LogP contribution in [-0.4, -0.2) is 27.6 Å². The molecule has 0 unspecified atom stereocenters. The molecule has 0 amide bonds. The van der Waals surface area contributed by atoms with Gasteiger partial charge >= 0.3 is 12.5 Å². The summed E-state index contributed by atoms with van der Waals surface area (Å²) in [5.74, 6) is -1.06. The van der Waals surface area contributed by atoms with Crippen LogP contribution >= 0.6 is 11.8 Å². The Kier molecular flexibility index (Phi) is 9.06. The van der Waals surface area contributed by atoms with E-state index in [1.807, 2.05) is 26.8 Å². The molecular formula is C26H25F6NO4S2. The average Bonchev–Trinajstić information content (AvgIpc) is 2.80. The van der Waals surface area contributed by atoms with Gasteiger partial charge in [0.05, 0.1) is 4.90 Å². The Labute approximate surface area is 226 Å². The maximum Gasteiger partial charge on any atom is 0.573 e. The second-order valence-corrected chi connectivity index (χ2v) is 12.2. The highest BCUT2D eigenvalue weighted by molar-refractivity contribution is 7.98. The van der Waals surface area contributed by atoms with Crippen molar-refractivity contribution in [3.05, 3.63) is 77.9 Å². The van der Waals surface area contributed by atoms with Gasteiger partial charge < -0.3 is 9.47 Å². The van der Waals surface area contributed by atoms with Crippen molar-refractivity contribution in [1.82, 2.24) is 0 Å². The smallest absolute Gasteiger partial charge is 0.484 e. The fourth-order valence-corrected chi connectivity index (χ4v) is 5.22. The van der Waals surface area contributed by atoms with Crippen LogP contribution in [0.2, 0.25) is 0 Å². The van der Waals surface area contributed by atoms with Gasteiger partial charge in [-0.2, -0.15) is 13.2 Å². The average molecular weight is 594 g/mol. The zero-order valence-electron chi connectivity index (χ0n) is 21.0. The SMILES string of the molecule is CC(C)(C)c1cccc(S(=O)(=O)Nc2ccc(SCc3cc(OCC(F)(F)F)cc(OC(F)(F)F)c3)cc2)c1. The zero-order valence-corrected chi connectivity index (χ0v) is 22.6. The number of alkyl halides is 6. The van der Waals surface area contributed by atoms with Gasteiger partial charge in [0, 0.05) is 22.4 Å². The molecular weight excluding hydrogens is 568 g/mol. The standard InChI is InChI=1S/C26H25F6NO4S2/c1-24(2,3)18-5-4-6-23(13-18)39(34,35)33-19-7-9-22(10-8-19)38-15-17-11-20(36-16-25(27,28)29)14-21(12-17)37-26(30,31)32/h4-14,33H,15-16H2,1-3H3. The van der Waals surface area contributed by atoms with Crippen molar-refractivity contribution in [2.75, 3.05) is 11.3 Å². The summed E-state index contributed by atoms with van der Waals surface area (Å²) in [7, 11) is -3.86. The normalized spacial score (nSPS) is 12.7. The number of nitrogens with one attached hydrogen (secondary N) is 1.